The Morgan fingerprint density at radius 3 is 2.42 bits per heavy atom. The fraction of sp³-hybridized carbons (Fsp3) is 0.286. The third-order valence-corrected chi connectivity index (χ3v) is 5.12. The summed E-state index contributed by atoms with van der Waals surface area (Å²) in [6, 6.07) is 10.1. The van der Waals surface area contributed by atoms with Crippen LogP contribution in [0.1, 0.15) is 5.56 Å². The van der Waals surface area contributed by atoms with E-state index in [0.29, 0.717) is 22.9 Å². The number of nitrogens with zero attached hydrogens (tertiary/aromatic N) is 4. The summed E-state index contributed by atoms with van der Waals surface area (Å²) < 4.78 is 10.5. The number of hydrogen-bond acceptors (Lipinski definition) is 8. The Labute approximate surface area is 178 Å². The van der Waals surface area contributed by atoms with Gasteiger partial charge in [0.15, 0.2) is 23.6 Å². The van der Waals surface area contributed by atoms with Gasteiger partial charge in [0.25, 0.3) is 11.8 Å². The number of ether oxygens (including phenoxy) is 2. The monoisotopic (exact) mass is 423 g/mol. The minimum absolute atomic E-state index is 0.211. The second-order valence-electron chi connectivity index (χ2n) is 7.16. The van der Waals surface area contributed by atoms with E-state index in [0.717, 1.165) is 10.5 Å². The zero-order valence-corrected chi connectivity index (χ0v) is 17.2. The van der Waals surface area contributed by atoms with Crippen LogP contribution in [-0.2, 0) is 14.4 Å². The number of hydrogen-bond donors (Lipinski definition) is 1. The number of anilines is 2. The molecule has 2 aliphatic heterocycles. The molecule has 31 heavy (non-hydrogen) atoms. The molecule has 2 atom stereocenters. The van der Waals surface area contributed by atoms with Crippen molar-refractivity contribution in [2.75, 3.05) is 31.0 Å². The van der Waals surface area contributed by atoms with Crippen LogP contribution < -0.4 is 19.7 Å². The highest BCUT2D eigenvalue weighted by Gasteiger charge is 2.55. The molecule has 10 heteroatoms. The van der Waals surface area contributed by atoms with Crippen molar-refractivity contribution in [3.8, 4) is 11.5 Å². The molecule has 0 aliphatic carbocycles. The highest BCUT2D eigenvalue weighted by atomic mass is 16.5. The number of rotatable bonds is 6. The van der Waals surface area contributed by atoms with Gasteiger partial charge in [0, 0.05) is 11.8 Å². The fourth-order valence-electron chi connectivity index (χ4n) is 3.56. The van der Waals surface area contributed by atoms with Crippen molar-refractivity contribution in [3.05, 3.63) is 48.0 Å². The molecule has 10 nitrogen and oxygen atoms in total. The van der Waals surface area contributed by atoms with Gasteiger partial charge >= 0.3 is 0 Å². The maximum absolute atomic E-state index is 13.1. The third-order valence-electron chi connectivity index (χ3n) is 5.12. The van der Waals surface area contributed by atoms with Gasteiger partial charge in [0.05, 0.1) is 19.9 Å². The topological polar surface area (TPSA) is 113 Å². The molecule has 3 amide bonds. The molecular weight excluding hydrogens is 402 g/mol. The maximum atomic E-state index is 13.1. The lowest BCUT2D eigenvalue weighted by molar-refractivity contribution is -0.123. The van der Waals surface area contributed by atoms with Crippen LogP contribution in [0, 0.1) is 6.92 Å². The zero-order valence-electron chi connectivity index (χ0n) is 17.2. The summed E-state index contributed by atoms with van der Waals surface area (Å²) >= 11 is 0. The average Bonchev–Trinajstić information content (AvgIpc) is 3.28. The van der Waals surface area contributed by atoms with E-state index in [2.05, 4.69) is 15.7 Å². The van der Waals surface area contributed by atoms with Crippen LogP contribution in [0.25, 0.3) is 0 Å². The first-order chi connectivity index (χ1) is 14.9. The first-order valence-corrected chi connectivity index (χ1v) is 9.56. The first kappa shape index (κ1) is 20.3. The Morgan fingerprint density at radius 2 is 1.74 bits per heavy atom. The minimum atomic E-state index is -0.993. The quantitative estimate of drug-likeness (QED) is 0.711. The zero-order chi connectivity index (χ0) is 22.1. The molecule has 1 fully saturated rings. The second kappa shape index (κ2) is 8.05. The maximum Gasteiger partial charge on any atom is 0.263 e. The number of methoxy groups -OCH3 is 2. The number of nitrogens with one attached hydrogen (secondary N) is 1. The number of fused-ring (bicyclic) bond motifs is 1. The van der Waals surface area contributed by atoms with E-state index in [4.69, 9.17) is 9.47 Å². The standard InChI is InChI=1S/C21H21N5O5/c1-12-4-6-13(7-5-12)22-17(27)11-25-19-18(23-24-25)20(28)26(21(19)29)14-8-9-15(30-2)16(10-14)31-3/h4-10,18-19H,11H2,1-3H3,(H,22,27)/t18-,19+/m1/s1. The van der Waals surface area contributed by atoms with Crippen LogP contribution in [0.15, 0.2) is 52.8 Å². The molecule has 0 unspecified atom stereocenters. The van der Waals surface area contributed by atoms with Crippen molar-refractivity contribution in [3.63, 3.8) is 0 Å². The van der Waals surface area contributed by atoms with E-state index in [9.17, 15) is 14.4 Å². The van der Waals surface area contributed by atoms with Crippen LogP contribution >= 0.6 is 0 Å². The summed E-state index contributed by atoms with van der Waals surface area (Å²) in [7, 11) is 2.96. The van der Waals surface area contributed by atoms with Gasteiger partial charge in [-0.1, -0.05) is 22.9 Å². The molecule has 2 heterocycles. The van der Waals surface area contributed by atoms with Crippen LogP contribution in [0.4, 0.5) is 11.4 Å². The first-order valence-electron chi connectivity index (χ1n) is 9.56. The van der Waals surface area contributed by atoms with Crippen LogP contribution in [-0.4, -0.2) is 55.6 Å². The summed E-state index contributed by atoms with van der Waals surface area (Å²) in [5, 5.41) is 11.8. The summed E-state index contributed by atoms with van der Waals surface area (Å²) in [6.07, 6.45) is 0. The van der Waals surface area contributed by atoms with E-state index in [1.807, 2.05) is 19.1 Å². The number of carbonyl (C=O) groups excluding carboxylic acids is 3. The van der Waals surface area contributed by atoms with E-state index in [1.54, 1.807) is 30.3 Å². The minimum Gasteiger partial charge on any atom is -0.493 e. The van der Waals surface area contributed by atoms with Crippen molar-refractivity contribution in [1.29, 1.82) is 0 Å². The Hall–Kier alpha value is -3.95. The summed E-state index contributed by atoms with van der Waals surface area (Å²) in [4.78, 5) is 39.4. The second-order valence-corrected chi connectivity index (χ2v) is 7.16. The normalized spacial score (nSPS) is 19.6. The fourth-order valence-corrected chi connectivity index (χ4v) is 3.56. The summed E-state index contributed by atoms with van der Waals surface area (Å²) in [5.74, 6) is -0.524. The highest BCUT2D eigenvalue weighted by Crippen LogP contribution is 2.36. The largest absolute Gasteiger partial charge is 0.493 e. The van der Waals surface area contributed by atoms with Gasteiger partial charge in [-0.2, -0.15) is 5.11 Å². The average molecular weight is 423 g/mol. The lowest BCUT2D eigenvalue weighted by atomic mass is 10.1. The number of carbonyl (C=O) groups is 3. The Balaban J connectivity index is 1.50. The van der Waals surface area contributed by atoms with Gasteiger partial charge in [-0.3, -0.25) is 19.4 Å². The Morgan fingerprint density at radius 1 is 1.03 bits per heavy atom. The van der Waals surface area contributed by atoms with Crippen molar-refractivity contribution >= 4 is 29.1 Å². The van der Waals surface area contributed by atoms with Gasteiger partial charge in [0.1, 0.15) is 6.54 Å². The van der Waals surface area contributed by atoms with Gasteiger partial charge in [-0.15, -0.1) is 0 Å². The van der Waals surface area contributed by atoms with E-state index < -0.39 is 23.9 Å². The summed E-state index contributed by atoms with van der Waals surface area (Å²) in [6.45, 7) is 1.74. The number of aryl methyl sites for hydroxylation is 1. The van der Waals surface area contributed by atoms with Crippen LogP contribution in [0.3, 0.4) is 0 Å². The van der Waals surface area contributed by atoms with Crippen LogP contribution in [0.2, 0.25) is 0 Å². The molecule has 0 saturated carbocycles. The van der Waals surface area contributed by atoms with Gasteiger partial charge in [-0.05, 0) is 31.2 Å². The predicted molar refractivity (Wildman–Crippen MR) is 111 cm³/mol. The van der Waals surface area contributed by atoms with Gasteiger partial charge < -0.3 is 14.8 Å². The summed E-state index contributed by atoms with van der Waals surface area (Å²) in [5.41, 5.74) is 2.03. The molecule has 0 aromatic heterocycles. The van der Waals surface area contributed by atoms with Crippen molar-refractivity contribution in [2.45, 2.75) is 19.0 Å². The van der Waals surface area contributed by atoms with E-state index >= 15 is 0 Å². The Kier molecular flexibility index (Phi) is 5.28. The lowest BCUT2D eigenvalue weighted by Gasteiger charge is -2.20. The van der Waals surface area contributed by atoms with Crippen molar-refractivity contribution in [1.82, 2.24) is 5.01 Å². The van der Waals surface area contributed by atoms with Crippen molar-refractivity contribution in [2.24, 2.45) is 10.3 Å². The molecule has 2 aromatic rings. The molecule has 160 valence electrons. The molecule has 1 saturated heterocycles. The molecule has 0 bridgehead atoms. The predicted octanol–water partition coefficient (Wildman–Crippen LogP) is 1.94. The molecule has 2 aromatic carbocycles. The number of amides is 3. The molecule has 2 aliphatic rings. The molecule has 0 radical (unpaired) electrons. The third kappa shape index (κ3) is 3.67. The van der Waals surface area contributed by atoms with E-state index in [-0.39, 0.29) is 12.5 Å². The van der Waals surface area contributed by atoms with Gasteiger partial charge in [-0.25, -0.2) is 4.90 Å². The smallest absolute Gasteiger partial charge is 0.263 e. The van der Waals surface area contributed by atoms with Crippen molar-refractivity contribution < 1.29 is 23.9 Å². The highest BCUT2D eigenvalue weighted by molar-refractivity contribution is 6.25. The molecule has 4 rings (SSSR count). The number of imide groups is 1. The SMILES string of the molecule is COc1ccc(N2C(=O)[C@@H]3[C@@H](N=NN3CC(=O)Nc3ccc(C)cc3)C2=O)cc1OC. The molecule has 1 N–H and O–H groups in total. The van der Waals surface area contributed by atoms with E-state index in [1.165, 1.54) is 19.2 Å². The lowest BCUT2D eigenvalue weighted by Crippen LogP contribution is -2.43. The van der Waals surface area contributed by atoms with Crippen LogP contribution in [0.5, 0.6) is 11.5 Å². The number of benzene rings is 2. The molecule has 0 spiro atoms. The van der Waals surface area contributed by atoms with Gasteiger partial charge in [0.2, 0.25) is 5.91 Å². The Bertz CT molecular complexity index is 1070. The molecular formula is C21H21N5O5.